The molecule has 0 aliphatic carbocycles. The normalized spacial score (nSPS) is 11.2. The van der Waals surface area contributed by atoms with Crippen LogP contribution in [0.4, 0.5) is 0 Å². The number of hydrogen-bond acceptors (Lipinski definition) is 8. The summed E-state index contributed by atoms with van der Waals surface area (Å²) in [7, 11) is -2.61. The number of phenolic OH excluding ortho intramolecular Hbond substituents is 1. The molecule has 4 rings (SSSR count). The van der Waals surface area contributed by atoms with Crippen LogP contribution >= 0.6 is 0 Å². The van der Waals surface area contributed by atoms with Gasteiger partial charge in [0.1, 0.15) is 30.5 Å². The third kappa shape index (κ3) is 4.46. The molecule has 1 N–H and O–H groups in total. The van der Waals surface area contributed by atoms with Crippen LogP contribution in [0.1, 0.15) is 11.1 Å². The molecule has 34 heavy (non-hydrogen) atoms. The number of nitrogens with zero attached hydrogens (tertiary/aromatic N) is 3. The molecule has 0 unspecified atom stereocenters. The van der Waals surface area contributed by atoms with Gasteiger partial charge in [0.25, 0.3) is 10.0 Å². The number of aromatic nitrogens is 2. The van der Waals surface area contributed by atoms with E-state index in [2.05, 4.69) is 5.10 Å². The summed E-state index contributed by atoms with van der Waals surface area (Å²) in [6.45, 7) is 1.94. The number of benzene rings is 3. The fourth-order valence-electron chi connectivity index (χ4n) is 3.23. The number of aryl methyl sites for hydroxylation is 1. The predicted molar refractivity (Wildman–Crippen MR) is 124 cm³/mol. The van der Waals surface area contributed by atoms with Crippen LogP contribution < -0.4 is 14.2 Å². The van der Waals surface area contributed by atoms with Gasteiger partial charge in [-0.25, -0.2) is 0 Å². The second-order valence-corrected chi connectivity index (χ2v) is 9.09. The summed E-state index contributed by atoms with van der Waals surface area (Å²) in [5.41, 5.74) is 1.38. The van der Waals surface area contributed by atoms with Crippen molar-refractivity contribution in [2.24, 2.45) is 0 Å². The van der Waals surface area contributed by atoms with Crippen molar-refractivity contribution in [1.82, 2.24) is 9.19 Å². The summed E-state index contributed by atoms with van der Waals surface area (Å²) >= 11 is 0. The number of fused-ring (bicyclic) bond motifs is 1. The maximum atomic E-state index is 13.3. The quantitative estimate of drug-likeness (QED) is 0.380. The summed E-state index contributed by atoms with van der Waals surface area (Å²) in [4.78, 5) is -0.105. The average Bonchev–Trinajstić information content (AvgIpc) is 3.22. The standard InChI is InChI=1S/C24H21N3O6S/c1-16-3-9-20(14-23(16)28)34(29,30)27-22-10-8-19(31-2)13-21(22)24(26-27)33-12-11-32-18-6-4-17(15-25)5-7-18/h3-10,13-14,28H,11-12H2,1-2H3. The molecule has 0 amide bonds. The lowest BCUT2D eigenvalue weighted by Gasteiger charge is -2.08. The van der Waals surface area contributed by atoms with E-state index in [0.29, 0.717) is 33.5 Å². The van der Waals surface area contributed by atoms with Gasteiger partial charge < -0.3 is 19.3 Å². The summed E-state index contributed by atoms with van der Waals surface area (Å²) in [5, 5.41) is 23.5. The van der Waals surface area contributed by atoms with Gasteiger partial charge in [-0.05, 0) is 61.0 Å². The number of rotatable bonds is 8. The number of nitriles is 1. The number of phenols is 1. The summed E-state index contributed by atoms with van der Waals surface area (Å²) < 4.78 is 44.1. The molecule has 0 saturated carbocycles. The molecule has 3 aromatic carbocycles. The zero-order chi connectivity index (χ0) is 24.3. The Morgan fingerprint density at radius 3 is 2.38 bits per heavy atom. The van der Waals surface area contributed by atoms with Gasteiger partial charge in [0.2, 0.25) is 5.88 Å². The molecule has 0 radical (unpaired) electrons. The minimum atomic E-state index is -4.12. The first kappa shape index (κ1) is 22.9. The summed E-state index contributed by atoms with van der Waals surface area (Å²) in [6, 6.07) is 17.6. The number of hydrogen-bond donors (Lipinski definition) is 1. The summed E-state index contributed by atoms with van der Waals surface area (Å²) in [6.07, 6.45) is 0. The van der Waals surface area contributed by atoms with Crippen molar-refractivity contribution < 1.29 is 27.7 Å². The SMILES string of the molecule is COc1ccc2c(c1)c(OCCOc1ccc(C#N)cc1)nn2S(=O)(=O)c1ccc(C)c(O)c1. The van der Waals surface area contributed by atoms with Crippen LogP contribution in [0.25, 0.3) is 10.9 Å². The minimum Gasteiger partial charge on any atom is -0.508 e. The molecule has 174 valence electrons. The van der Waals surface area contributed by atoms with Gasteiger partial charge in [-0.1, -0.05) is 6.07 Å². The number of aromatic hydroxyl groups is 1. The van der Waals surface area contributed by atoms with Crippen LogP contribution in [-0.2, 0) is 10.0 Å². The van der Waals surface area contributed by atoms with Gasteiger partial charge in [-0.2, -0.15) is 13.7 Å². The highest BCUT2D eigenvalue weighted by Crippen LogP contribution is 2.32. The van der Waals surface area contributed by atoms with Crippen molar-refractivity contribution in [3.05, 3.63) is 71.8 Å². The molecule has 1 aromatic heterocycles. The maximum Gasteiger partial charge on any atom is 0.283 e. The Hall–Kier alpha value is -4.23. The first-order valence-corrected chi connectivity index (χ1v) is 11.6. The van der Waals surface area contributed by atoms with E-state index in [1.807, 2.05) is 6.07 Å². The molecule has 0 saturated heterocycles. The zero-order valence-electron chi connectivity index (χ0n) is 18.4. The predicted octanol–water partition coefficient (Wildman–Crippen LogP) is 3.63. The van der Waals surface area contributed by atoms with Crippen LogP contribution in [0.2, 0.25) is 0 Å². The van der Waals surface area contributed by atoms with E-state index in [1.54, 1.807) is 49.4 Å². The van der Waals surface area contributed by atoms with E-state index in [1.165, 1.54) is 25.3 Å². The smallest absolute Gasteiger partial charge is 0.283 e. The Kier molecular flexibility index (Phi) is 6.30. The first-order valence-electron chi connectivity index (χ1n) is 10.2. The average molecular weight is 480 g/mol. The van der Waals surface area contributed by atoms with Crippen LogP contribution in [-0.4, -0.2) is 43.0 Å². The first-order chi connectivity index (χ1) is 16.3. The Labute approximate surface area is 196 Å². The van der Waals surface area contributed by atoms with E-state index < -0.39 is 10.0 Å². The molecule has 9 nitrogen and oxygen atoms in total. The van der Waals surface area contributed by atoms with Crippen molar-refractivity contribution >= 4 is 20.9 Å². The van der Waals surface area contributed by atoms with E-state index in [-0.39, 0.29) is 29.7 Å². The number of methoxy groups -OCH3 is 1. The van der Waals surface area contributed by atoms with Crippen molar-refractivity contribution in [3.8, 4) is 29.2 Å². The molecule has 4 aromatic rings. The van der Waals surface area contributed by atoms with Crippen LogP contribution in [0, 0.1) is 18.3 Å². The topological polar surface area (TPSA) is 124 Å². The van der Waals surface area contributed by atoms with E-state index >= 15 is 0 Å². The molecular formula is C24H21N3O6S. The molecule has 0 aliphatic heterocycles. The Morgan fingerprint density at radius 1 is 1.00 bits per heavy atom. The third-order valence-electron chi connectivity index (χ3n) is 5.10. The molecule has 0 aliphatic rings. The zero-order valence-corrected chi connectivity index (χ0v) is 19.2. The van der Waals surface area contributed by atoms with Crippen molar-refractivity contribution in [1.29, 1.82) is 5.26 Å². The van der Waals surface area contributed by atoms with Gasteiger partial charge in [0.15, 0.2) is 0 Å². The van der Waals surface area contributed by atoms with Crippen LogP contribution in [0.3, 0.4) is 0 Å². The highest BCUT2D eigenvalue weighted by molar-refractivity contribution is 7.90. The maximum absolute atomic E-state index is 13.3. The highest BCUT2D eigenvalue weighted by atomic mass is 32.2. The van der Waals surface area contributed by atoms with Crippen LogP contribution in [0.5, 0.6) is 23.1 Å². The molecular weight excluding hydrogens is 458 g/mol. The van der Waals surface area contributed by atoms with Gasteiger partial charge in [-0.15, -0.1) is 9.19 Å². The van der Waals surface area contributed by atoms with Gasteiger partial charge in [0, 0.05) is 6.07 Å². The van der Waals surface area contributed by atoms with E-state index in [4.69, 9.17) is 19.5 Å². The molecule has 0 atom stereocenters. The molecule has 1 heterocycles. The molecule has 0 bridgehead atoms. The number of ether oxygens (including phenoxy) is 3. The lowest BCUT2D eigenvalue weighted by molar-refractivity contribution is 0.213. The Balaban J connectivity index is 1.61. The van der Waals surface area contributed by atoms with Gasteiger partial charge in [-0.3, -0.25) is 0 Å². The van der Waals surface area contributed by atoms with Gasteiger partial charge in [0.05, 0.1) is 34.5 Å². The highest BCUT2D eigenvalue weighted by Gasteiger charge is 2.25. The second-order valence-electron chi connectivity index (χ2n) is 7.32. The largest absolute Gasteiger partial charge is 0.508 e. The summed E-state index contributed by atoms with van der Waals surface area (Å²) in [5.74, 6) is 1.05. The molecule has 0 fully saturated rings. The fourth-order valence-corrected chi connectivity index (χ4v) is 4.53. The lowest BCUT2D eigenvalue weighted by Crippen LogP contribution is -2.15. The van der Waals surface area contributed by atoms with E-state index in [0.717, 1.165) is 4.09 Å². The van der Waals surface area contributed by atoms with Gasteiger partial charge >= 0.3 is 0 Å². The second kappa shape index (κ2) is 9.33. The Morgan fingerprint density at radius 2 is 1.71 bits per heavy atom. The third-order valence-corrected chi connectivity index (χ3v) is 6.69. The molecule has 0 spiro atoms. The lowest BCUT2D eigenvalue weighted by atomic mass is 10.2. The van der Waals surface area contributed by atoms with E-state index in [9.17, 15) is 13.5 Å². The fraction of sp³-hybridized carbons (Fsp3) is 0.167. The van der Waals surface area contributed by atoms with Crippen molar-refractivity contribution in [3.63, 3.8) is 0 Å². The monoisotopic (exact) mass is 479 g/mol. The van der Waals surface area contributed by atoms with Crippen molar-refractivity contribution in [2.45, 2.75) is 11.8 Å². The minimum absolute atomic E-state index is 0.0920. The Bertz CT molecular complexity index is 1490. The molecule has 10 heteroatoms. The van der Waals surface area contributed by atoms with Crippen LogP contribution in [0.15, 0.2) is 65.6 Å². The van der Waals surface area contributed by atoms with Crippen molar-refractivity contribution in [2.75, 3.05) is 20.3 Å².